The average molecular weight is 936 g/mol. The van der Waals surface area contributed by atoms with Crippen molar-refractivity contribution in [3.8, 4) is 0 Å². The molecule has 25 atom stereocenters. The summed E-state index contributed by atoms with van der Waals surface area (Å²) in [6.45, 7) is 1.19. The van der Waals surface area contributed by atoms with Crippen LogP contribution >= 0.6 is 0 Å². The Labute approximate surface area is 364 Å². The van der Waals surface area contributed by atoms with Crippen LogP contribution in [0, 0.1) is 0 Å². The summed E-state index contributed by atoms with van der Waals surface area (Å²) >= 11 is 0. The number of ether oxygens (including phenoxy) is 9. The molecule has 28 nitrogen and oxygen atoms in total. The minimum atomic E-state index is -2.11. The highest BCUT2D eigenvalue weighted by Crippen LogP contribution is 2.35. The number of hydrogen-bond donors (Lipinski definition) is 16. The summed E-state index contributed by atoms with van der Waals surface area (Å²) in [7, 11) is 0. The van der Waals surface area contributed by atoms with Crippen LogP contribution in [-0.4, -0.2) is 264 Å². The van der Waals surface area contributed by atoms with E-state index in [0.717, 1.165) is 20.8 Å². The van der Waals surface area contributed by atoms with E-state index in [4.69, 9.17) is 42.6 Å². The van der Waals surface area contributed by atoms with E-state index < -0.39 is 197 Å². The Hall–Kier alpha value is -2.47. The van der Waals surface area contributed by atoms with E-state index in [0.29, 0.717) is 0 Å². The Morgan fingerprint density at radius 3 is 1.48 bits per heavy atom. The standard InChI is InChI=1S/C36H61N3O25/c1-9-20(46)26(52)27(53)36(57-9)63-30-19(39-12(4)45)35(60-14(6-41)22(30)48)62-29-15(7-42)61-34(18(25(29)51)38-11(3)44)64-31-23(49)16(58-32(55)28(31)54)8-56-33-17(37-10(2)43)24(50)21(47)13(5-40)59-33/h9,13-36,40-42,46-55H,5-8H2,1-4H3,(H,37,43)(H,38,44)(H,39,45)/t9-,13+,14+,15+,16+,17+,18+,19+,20+,21+,22-,23-,24+,25+,26+,27-,28+,29+,30+,31-,32-,33+,34-,35-,36-/m0/s1. The third-order valence-corrected chi connectivity index (χ3v) is 11.5. The van der Waals surface area contributed by atoms with Crippen molar-refractivity contribution in [3.63, 3.8) is 0 Å². The molecule has 3 amide bonds. The summed E-state index contributed by atoms with van der Waals surface area (Å²) in [5.74, 6) is -2.22. The number of aliphatic hydroxyl groups excluding tert-OH is 13. The molecule has 0 spiro atoms. The van der Waals surface area contributed by atoms with Gasteiger partial charge in [0.2, 0.25) is 17.7 Å². The van der Waals surface area contributed by atoms with Crippen LogP contribution in [0.2, 0.25) is 0 Å². The summed E-state index contributed by atoms with van der Waals surface area (Å²) in [6.07, 6.45) is -38.1. The first-order valence-corrected chi connectivity index (χ1v) is 20.4. The van der Waals surface area contributed by atoms with Crippen molar-refractivity contribution in [1.82, 2.24) is 16.0 Å². The first kappa shape index (κ1) is 52.5. The van der Waals surface area contributed by atoms with Gasteiger partial charge in [0.1, 0.15) is 116 Å². The largest absolute Gasteiger partial charge is 0.394 e. The van der Waals surface area contributed by atoms with E-state index in [-0.39, 0.29) is 0 Å². The zero-order chi connectivity index (χ0) is 47.5. The lowest BCUT2D eigenvalue weighted by molar-refractivity contribution is -0.369. The monoisotopic (exact) mass is 935 g/mol. The van der Waals surface area contributed by atoms with Crippen molar-refractivity contribution in [2.45, 2.75) is 181 Å². The van der Waals surface area contributed by atoms with Crippen molar-refractivity contribution < 1.29 is 123 Å². The van der Waals surface area contributed by atoms with Crippen molar-refractivity contribution in [3.05, 3.63) is 0 Å². The molecule has 0 aromatic heterocycles. The topological polar surface area (TPSA) is 433 Å². The molecule has 5 aliphatic heterocycles. The van der Waals surface area contributed by atoms with Crippen LogP contribution in [-0.2, 0) is 57.0 Å². The Morgan fingerprint density at radius 2 is 0.906 bits per heavy atom. The fraction of sp³-hybridized carbons (Fsp3) is 0.917. The summed E-state index contributed by atoms with van der Waals surface area (Å²) in [5.41, 5.74) is 0. The van der Waals surface area contributed by atoms with E-state index >= 15 is 0 Å². The molecule has 0 aliphatic carbocycles. The third kappa shape index (κ3) is 11.6. The molecule has 5 fully saturated rings. The number of amides is 3. The zero-order valence-corrected chi connectivity index (χ0v) is 35.0. The highest BCUT2D eigenvalue weighted by atomic mass is 16.8. The van der Waals surface area contributed by atoms with Crippen LogP contribution in [0.25, 0.3) is 0 Å². The fourth-order valence-corrected chi connectivity index (χ4v) is 8.08. The number of carbonyl (C=O) groups excluding carboxylic acids is 3. The minimum absolute atomic E-state index is 0.664. The van der Waals surface area contributed by atoms with E-state index in [1.807, 2.05) is 0 Å². The maximum Gasteiger partial charge on any atom is 0.217 e. The van der Waals surface area contributed by atoms with Gasteiger partial charge in [-0.15, -0.1) is 0 Å². The summed E-state index contributed by atoms with van der Waals surface area (Å²) < 4.78 is 51.6. The molecule has 0 aromatic carbocycles. The van der Waals surface area contributed by atoms with Crippen molar-refractivity contribution in [2.75, 3.05) is 26.4 Å². The number of hydrogen-bond acceptors (Lipinski definition) is 25. The molecule has 0 saturated carbocycles. The second kappa shape index (κ2) is 22.6. The third-order valence-electron chi connectivity index (χ3n) is 11.5. The Kier molecular flexibility index (Phi) is 18.5. The van der Waals surface area contributed by atoms with Gasteiger partial charge in [0, 0.05) is 20.8 Å². The molecular formula is C36H61N3O25. The predicted octanol–water partition coefficient (Wildman–Crippen LogP) is -10.5. The van der Waals surface area contributed by atoms with Gasteiger partial charge >= 0.3 is 0 Å². The van der Waals surface area contributed by atoms with Gasteiger partial charge in [-0.1, -0.05) is 0 Å². The Bertz CT molecular complexity index is 1540. The molecule has 0 aromatic rings. The summed E-state index contributed by atoms with van der Waals surface area (Å²) in [6, 6.07) is -4.70. The average Bonchev–Trinajstić information content (AvgIpc) is 3.24. The molecular weight excluding hydrogens is 874 g/mol. The van der Waals surface area contributed by atoms with E-state index in [1.54, 1.807) is 0 Å². The minimum Gasteiger partial charge on any atom is -0.394 e. The maximum absolute atomic E-state index is 12.5. The van der Waals surface area contributed by atoms with Gasteiger partial charge in [-0.25, -0.2) is 0 Å². The SMILES string of the molecule is CC(=O)N[C@H]1[C@H](O[C@@H]2[C@@H](O)[C@@H](O)O[C@H](CO[C@@H]3O[C@H](CO)[C@@H](O)[C@H](O)[C@H]3NC(C)=O)[C@@H]2O)O[C@H](CO)[C@@H](O[C@@H]2O[C@H](CO)[C@H](O)[C@H](O[C@@H]3O[C@@H](C)[C@@H](O)[C@@H](O)[C@@H]3O)[C@H]2NC(C)=O)[C@@H]1O. The number of aliphatic hydroxyl groups is 13. The highest BCUT2D eigenvalue weighted by Gasteiger charge is 2.56. The smallest absolute Gasteiger partial charge is 0.217 e. The lowest BCUT2D eigenvalue weighted by Gasteiger charge is -2.50. The van der Waals surface area contributed by atoms with E-state index in [2.05, 4.69) is 16.0 Å². The van der Waals surface area contributed by atoms with Crippen molar-refractivity contribution >= 4 is 17.7 Å². The Morgan fingerprint density at radius 1 is 0.438 bits per heavy atom. The van der Waals surface area contributed by atoms with Gasteiger partial charge in [0.15, 0.2) is 31.5 Å². The van der Waals surface area contributed by atoms with Gasteiger partial charge in [-0.2, -0.15) is 0 Å². The van der Waals surface area contributed by atoms with E-state index in [1.165, 1.54) is 6.92 Å². The molecule has 28 heteroatoms. The van der Waals surface area contributed by atoms with Crippen LogP contribution in [0.15, 0.2) is 0 Å². The maximum atomic E-state index is 12.5. The van der Waals surface area contributed by atoms with Crippen LogP contribution in [0.4, 0.5) is 0 Å². The van der Waals surface area contributed by atoms with Crippen LogP contribution < -0.4 is 16.0 Å². The first-order chi connectivity index (χ1) is 30.1. The van der Waals surface area contributed by atoms with Crippen LogP contribution in [0.3, 0.4) is 0 Å². The molecule has 5 aliphatic rings. The fourth-order valence-electron chi connectivity index (χ4n) is 8.08. The zero-order valence-electron chi connectivity index (χ0n) is 35.0. The van der Waals surface area contributed by atoms with Crippen LogP contribution in [0.1, 0.15) is 27.7 Å². The first-order valence-electron chi connectivity index (χ1n) is 20.4. The van der Waals surface area contributed by atoms with Gasteiger partial charge < -0.3 is 125 Å². The molecule has 64 heavy (non-hydrogen) atoms. The molecule has 370 valence electrons. The lowest BCUT2D eigenvalue weighted by atomic mass is 9.93. The summed E-state index contributed by atoms with van der Waals surface area (Å²) in [5, 5.41) is 146. The lowest BCUT2D eigenvalue weighted by Crippen LogP contribution is -2.71. The van der Waals surface area contributed by atoms with Crippen LogP contribution in [0.5, 0.6) is 0 Å². The predicted molar refractivity (Wildman–Crippen MR) is 200 cm³/mol. The molecule has 0 radical (unpaired) electrons. The van der Waals surface area contributed by atoms with Crippen molar-refractivity contribution in [1.29, 1.82) is 0 Å². The highest BCUT2D eigenvalue weighted by molar-refractivity contribution is 5.74. The molecule has 0 bridgehead atoms. The van der Waals surface area contributed by atoms with E-state index in [9.17, 15) is 80.8 Å². The Balaban J connectivity index is 1.36. The van der Waals surface area contributed by atoms with Gasteiger partial charge in [-0.05, 0) is 6.92 Å². The number of rotatable bonds is 15. The molecule has 5 rings (SSSR count). The van der Waals surface area contributed by atoms with Gasteiger partial charge in [-0.3, -0.25) is 14.4 Å². The molecule has 0 unspecified atom stereocenters. The second-order valence-corrected chi connectivity index (χ2v) is 16.2. The number of carbonyl (C=O) groups is 3. The second-order valence-electron chi connectivity index (χ2n) is 16.2. The quantitative estimate of drug-likeness (QED) is 0.0725. The van der Waals surface area contributed by atoms with Crippen molar-refractivity contribution in [2.24, 2.45) is 0 Å². The molecule has 5 heterocycles. The number of nitrogens with one attached hydrogen (secondary N) is 3. The van der Waals surface area contributed by atoms with Gasteiger partial charge in [0.25, 0.3) is 0 Å². The molecule has 16 N–H and O–H groups in total. The normalized spacial score (nSPS) is 47.7. The van der Waals surface area contributed by atoms with Gasteiger partial charge in [0.05, 0.1) is 32.5 Å². The molecule has 5 saturated heterocycles. The summed E-state index contributed by atoms with van der Waals surface area (Å²) in [4.78, 5) is 36.9.